The van der Waals surface area contributed by atoms with Crippen molar-refractivity contribution in [2.75, 3.05) is 17.7 Å². The summed E-state index contributed by atoms with van der Waals surface area (Å²) in [5.41, 5.74) is 5.63. The van der Waals surface area contributed by atoms with Crippen LogP contribution in [0.3, 0.4) is 0 Å². The number of hydrogen-bond acceptors (Lipinski definition) is 3. The number of rotatable bonds is 6. The average Bonchev–Trinajstić information content (AvgIpc) is 3.10. The predicted octanol–water partition coefficient (Wildman–Crippen LogP) is 5.36. The molecule has 2 N–H and O–H groups in total. The second-order valence-corrected chi connectivity index (χ2v) is 7.29. The van der Waals surface area contributed by atoms with Crippen LogP contribution in [0.25, 0.3) is 10.9 Å². The van der Waals surface area contributed by atoms with Gasteiger partial charge in [-0.2, -0.15) is 0 Å². The van der Waals surface area contributed by atoms with Crippen LogP contribution in [0.4, 0.5) is 11.4 Å². The molecule has 5 nitrogen and oxygen atoms in total. The second kappa shape index (κ2) is 8.33. The topological polar surface area (TPSA) is 55.3 Å². The van der Waals surface area contributed by atoms with Crippen LogP contribution in [-0.2, 0) is 13.6 Å². The molecular formula is C25H25N3O2. The lowest BCUT2D eigenvalue weighted by Crippen LogP contribution is -2.16. The van der Waals surface area contributed by atoms with Gasteiger partial charge in [0.15, 0.2) is 0 Å². The molecule has 0 saturated carbocycles. The lowest BCUT2D eigenvalue weighted by Gasteiger charge is -2.14. The van der Waals surface area contributed by atoms with Crippen LogP contribution in [-0.4, -0.2) is 17.6 Å². The first-order valence-corrected chi connectivity index (χ1v) is 9.89. The summed E-state index contributed by atoms with van der Waals surface area (Å²) in [6.07, 6.45) is 0. The first-order valence-electron chi connectivity index (χ1n) is 9.89. The maximum absolute atomic E-state index is 13.0. The molecule has 4 aromatic rings. The van der Waals surface area contributed by atoms with Crippen molar-refractivity contribution < 1.29 is 9.53 Å². The number of methoxy groups -OCH3 is 1. The van der Waals surface area contributed by atoms with E-state index in [-0.39, 0.29) is 5.91 Å². The highest BCUT2D eigenvalue weighted by Gasteiger charge is 2.15. The summed E-state index contributed by atoms with van der Waals surface area (Å²) in [5, 5.41) is 7.49. The zero-order valence-electron chi connectivity index (χ0n) is 17.4. The first-order chi connectivity index (χ1) is 14.6. The minimum atomic E-state index is -0.155. The number of aryl methyl sites for hydroxylation is 2. The van der Waals surface area contributed by atoms with Crippen molar-refractivity contribution in [3.8, 4) is 5.75 Å². The number of carbonyl (C=O) groups excluding carboxylic acids is 1. The molecule has 0 spiro atoms. The van der Waals surface area contributed by atoms with E-state index in [1.54, 1.807) is 7.11 Å². The van der Waals surface area contributed by atoms with Gasteiger partial charge in [0.2, 0.25) is 0 Å². The molecule has 0 saturated heterocycles. The van der Waals surface area contributed by atoms with Gasteiger partial charge in [0, 0.05) is 25.0 Å². The highest BCUT2D eigenvalue weighted by atomic mass is 16.5. The monoisotopic (exact) mass is 399 g/mol. The number of ether oxygens (including phenoxy) is 1. The van der Waals surface area contributed by atoms with Gasteiger partial charge in [-0.3, -0.25) is 4.79 Å². The second-order valence-electron chi connectivity index (χ2n) is 7.29. The molecule has 0 atom stereocenters. The number of amides is 1. The highest BCUT2D eigenvalue weighted by molar-refractivity contribution is 6.07. The van der Waals surface area contributed by atoms with Crippen molar-refractivity contribution in [3.05, 3.63) is 89.6 Å². The zero-order valence-corrected chi connectivity index (χ0v) is 17.4. The summed E-state index contributed by atoms with van der Waals surface area (Å²) in [5.74, 6) is 0.610. The summed E-state index contributed by atoms with van der Waals surface area (Å²) in [7, 11) is 3.53. The molecule has 0 fully saturated rings. The van der Waals surface area contributed by atoms with Crippen LogP contribution >= 0.6 is 0 Å². The third-order valence-electron chi connectivity index (χ3n) is 5.39. The van der Waals surface area contributed by atoms with E-state index >= 15 is 0 Å². The molecule has 0 unspecified atom stereocenters. The van der Waals surface area contributed by atoms with Gasteiger partial charge >= 0.3 is 0 Å². The van der Waals surface area contributed by atoms with E-state index in [1.807, 2.05) is 72.3 Å². The lowest BCUT2D eigenvalue weighted by atomic mass is 10.1. The Balaban J connectivity index is 1.56. The number of carbonyl (C=O) groups is 1. The smallest absolute Gasteiger partial charge is 0.272 e. The molecule has 0 aliphatic rings. The minimum Gasteiger partial charge on any atom is -0.497 e. The highest BCUT2D eigenvalue weighted by Crippen LogP contribution is 2.26. The molecule has 0 aliphatic carbocycles. The van der Waals surface area contributed by atoms with Crippen LogP contribution < -0.4 is 15.4 Å². The van der Waals surface area contributed by atoms with Gasteiger partial charge in [-0.15, -0.1) is 0 Å². The Morgan fingerprint density at radius 3 is 2.47 bits per heavy atom. The summed E-state index contributed by atoms with van der Waals surface area (Å²) >= 11 is 0. The predicted molar refractivity (Wildman–Crippen MR) is 122 cm³/mol. The standard InChI is InChI=1S/C25H25N3O2/c1-17-8-4-5-9-19(17)16-26-21-10-6-7-11-22(21)27-25(29)24-14-18-12-13-20(30-3)15-23(18)28(24)2/h4-15,26H,16H2,1-3H3,(H,27,29). The Morgan fingerprint density at radius 2 is 1.70 bits per heavy atom. The molecule has 1 amide bonds. The Kier molecular flexibility index (Phi) is 5.44. The number of fused-ring (bicyclic) bond motifs is 1. The molecule has 152 valence electrons. The number of hydrogen-bond donors (Lipinski definition) is 2. The summed E-state index contributed by atoms with van der Waals surface area (Å²) in [6.45, 7) is 2.78. The van der Waals surface area contributed by atoms with Gasteiger partial charge in [-0.25, -0.2) is 0 Å². The SMILES string of the molecule is COc1ccc2cc(C(=O)Nc3ccccc3NCc3ccccc3C)n(C)c2c1. The fourth-order valence-electron chi connectivity index (χ4n) is 3.59. The van der Waals surface area contributed by atoms with E-state index in [9.17, 15) is 4.79 Å². The van der Waals surface area contributed by atoms with Crippen LogP contribution in [0.5, 0.6) is 5.75 Å². The average molecular weight is 399 g/mol. The van der Waals surface area contributed by atoms with Crippen molar-refractivity contribution in [1.82, 2.24) is 4.57 Å². The lowest BCUT2D eigenvalue weighted by molar-refractivity contribution is 0.102. The zero-order chi connectivity index (χ0) is 21.1. The molecule has 3 aromatic carbocycles. The largest absolute Gasteiger partial charge is 0.497 e. The summed E-state index contributed by atoms with van der Waals surface area (Å²) < 4.78 is 7.19. The van der Waals surface area contributed by atoms with E-state index in [2.05, 4.69) is 29.7 Å². The van der Waals surface area contributed by atoms with E-state index < -0.39 is 0 Å². The molecule has 4 rings (SSSR count). The third kappa shape index (κ3) is 3.87. The normalized spacial score (nSPS) is 10.8. The van der Waals surface area contributed by atoms with Crippen molar-refractivity contribution >= 4 is 28.2 Å². The van der Waals surface area contributed by atoms with Gasteiger partial charge in [0.1, 0.15) is 11.4 Å². The molecule has 30 heavy (non-hydrogen) atoms. The number of nitrogens with zero attached hydrogens (tertiary/aromatic N) is 1. The van der Waals surface area contributed by atoms with E-state index in [0.29, 0.717) is 12.2 Å². The maximum Gasteiger partial charge on any atom is 0.272 e. The minimum absolute atomic E-state index is 0.155. The van der Waals surface area contributed by atoms with E-state index in [0.717, 1.165) is 28.0 Å². The fourth-order valence-corrected chi connectivity index (χ4v) is 3.59. The third-order valence-corrected chi connectivity index (χ3v) is 5.39. The summed E-state index contributed by atoms with van der Waals surface area (Å²) in [4.78, 5) is 13.0. The number of nitrogens with one attached hydrogen (secondary N) is 2. The Hall–Kier alpha value is -3.73. The molecule has 0 aliphatic heterocycles. The van der Waals surface area contributed by atoms with Gasteiger partial charge < -0.3 is 19.9 Å². The number of anilines is 2. The van der Waals surface area contributed by atoms with Gasteiger partial charge in [-0.05, 0) is 48.4 Å². The molecule has 0 radical (unpaired) electrons. The van der Waals surface area contributed by atoms with Gasteiger partial charge in [0.05, 0.1) is 24.0 Å². The molecule has 5 heteroatoms. The van der Waals surface area contributed by atoms with Crippen LogP contribution in [0, 0.1) is 6.92 Å². The van der Waals surface area contributed by atoms with Gasteiger partial charge in [-0.1, -0.05) is 36.4 Å². The molecule has 1 aromatic heterocycles. The Morgan fingerprint density at radius 1 is 0.967 bits per heavy atom. The van der Waals surface area contributed by atoms with Crippen LogP contribution in [0.1, 0.15) is 21.6 Å². The number of benzene rings is 3. The molecule has 1 heterocycles. The van der Waals surface area contributed by atoms with Crippen LogP contribution in [0.15, 0.2) is 72.8 Å². The van der Waals surface area contributed by atoms with Crippen molar-refractivity contribution in [3.63, 3.8) is 0 Å². The van der Waals surface area contributed by atoms with Crippen molar-refractivity contribution in [1.29, 1.82) is 0 Å². The van der Waals surface area contributed by atoms with Crippen molar-refractivity contribution in [2.24, 2.45) is 7.05 Å². The summed E-state index contributed by atoms with van der Waals surface area (Å²) in [6, 6.07) is 23.7. The maximum atomic E-state index is 13.0. The van der Waals surface area contributed by atoms with E-state index in [4.69, 9.17) is 4.74 Å². The number of aromatic nitrogens is 1. The Labute approximate surface area is 176 Å². The van der Waals surface area contributed by atoms with Crippen molar-refractivity contribution in [2.45, 2.75) is 13.5 Å². The molecule has 0 bridgehead atoms. The Bertz CT molecular complexity index is 1210. The number of para-hydroxylation sites is 2. The molecular weight excluding hydrogens is 374 g/mol. The first kappa shape index (κ1) is 19.6. The van der Waals surface area contributed by atoms with E-state index in [1.165, 1.54) is 11.1 Å². The quantitative estimate of drug-likeness (QED) is 0.459. The van der Waals surface area contributed by atoms with Gasteiger partial charge in [0.25, 0.3) is 5.91 Å². The van der Waals surface area contributed by atoms with Crippen LogP contribution in [0.2, 0.25) is 0 Å². The fraction of sp³-hybridized carbons (Fsp3) is 0.160.